The van der Waals surface area contributed by atoms with Crippen molar-refractivity contribution in [3.05, 3.63) is 0 Å². The Morgan fingerprint density at radius 1 is 1.25 bits per heavy atom. The molecule has 12 heavy (non-hydrogen) atoms. The van der Waals surface area contributed by atoms with Crippen LogP contribution in [0.25, 0.3) is 0 Å². The summed E-state index contributed by atoms with van der Waals surface area (Å²) >= 11 is 0. The standard InChI is InChI=1S/C7H17NO4/c1-12-5-7(11)3-8-2-6(10)4-9/h6-11H,2-5H2,1H3. The summed E-state index contributed by atoms with van der Waals surface area (Å²) in [7, 11) is 1.51. The van der Waals surface area contributed by atoms with E-state index >= 15 is 0 Å². The highest BCUT2D eigenvalue weighted by atomic mass is 16.5. The third-order valence-electron chi connectivity index (χ3n) is 1.33. The van der Waals surface area contributed by atoms with Gasteiger partial charge in [-0.1, -0.05) is 0 Å². The molecule has 0 aromatic carbocycles. The molecule has 0 aromatic heterocycles. The van der Waals surface area contributed by atoms with Crippen LogP contribution in [-0.2, 0) is 4.74 Å². The van der Waals surface area contributed by atoms with Crippen LogP contribution in [0.4, 0.5) is 0 Å². The molecule has 5 nitrogen and oxygen atoms in total. The summed E-state index contributed by atoms with van der Waals surface area (Å²) in [5.41, 5.74) is 0. The van der Waals surface area contributed by atoms with Crippen molar-refractivity contribution in [2.75, 3.05) is 33.4 Å². The molecule has 0 rings (SSSR count). The van der Waals surface area contributed by atoms with Crippen LogP contribution in [-0.4, -0.2) is 60.9 Å². The molecule has 5 heteroatoms. The molecular formula is C7H17NO4. The van der Waals surface area contributed by atoms with Gasteiger partial charge in [0, 0.05) is 20.2 Å². The van der Waals surface area contributed by atoms with Crippen LogP contribution in [0.15, 0.2) is 0 Å². The van der Waals surface area contributed by atoms with E-state index in [2.05, 4.69) is 10.1 Å². The molecule has 0 aliphatic heterocycles. The molecular weight excluding hydrogens is 162 g/mol. The predicted octanol–water partition coefficient (Wildman–Crippen LogP) is -2.06. The van der Waals surface area contributed by atoms with Gasteiger partial charge in [0.05, 0.1) is 25.4 Å². The fourth-order valence-corrected chi connectivity index (χ4v) is 0.732. The van der Waals surface area contributed by atoms with E-state index in [9.17, 15) is 0 Å². The van der Waals surface area contributed by atoms with Gasteiger partial charge >= 0.3 is 0 Å². The van der Waals surface area contributed by atoms with Gasteiger partial charge in [0.25, 0.3) is 0 Å². The van der Waals surface area contributed by atoms with Crippen molar-refractivity contribution in [2.24, 2.45) is 0 Å². The van der Waals surface area contributed by atoms with Gasteiger partial charge in [-0.15, -0.1) is 0 Å². The van der Waals surface area contributed by atoms with Crippen LogP contribution >= 0.6 is 0 Å². The maximum atomic E-state index is 9.10. The van der Waals surface area contributed by atoms with Crippen molar-refractivity contribution in [3.63, 3.8) is 0 Å². The van der Waals surface area contributed by atoms with Crippen molar-refractivity contribution in [3.8, 4) is 0 Å². The maximum Gasteiger partial charge on any atom is 0.0897 e. The van der Waals surface area contributed by atoms with Crippen LogP contribution in [0.1, 0.15) is 0 Å². The van der Waals surface area contributed by atoms with E-state index in [0.717, 1.165) is 0 Å². The fraction of sp³-hybridized carbons (Fsp3) is 1.00. The summed E-state index contributed by atoms with van der Waals surface area (Å²) < 4.78 is 4.69. The van der Waals surface area contributed by atoms with Crippen molar-refractivity contribution in [1.29, 1.82) is 0 Å². The molecule has 0 bridgehead atoms. The molecule has 0 heterocycles. The minimum absolute atomic E-state index is 0.266. The van der Waals surface area contributed by atoms with Gasteiger partial charge in [0.15, 0.2) is 0 Å². The largest absolute Gasteiger partial charge is 0.394 e. The lowest BCUT2D eigenvalue weighted by atomic mass is 10.3. The molecule has 4 N–H and O–H groups in total. The molecule has 0 aliphatic rings. The Bertz CT molecular complexity index is 101. The highest BCUT2D eigenvalue weighted by molar-refractivity contribution is 4.61. The number of hydrogen-bond donors (Lipinski definition) is 4. The van der Waals surface area contributed by atoms with E-state index in [0.29, 0.717) is 6.54 Å². The Morgan fingerprint density at radius 2 is 1.83 bits per heavy atom. The lowest BCUT2D eigenvalue weighted by molar-refractivity contribution is 0.0565. The van der Waals surface area contributed by atoms with E-state index in [1.165, 1.54) is 7.11 Å². The van der Waals surface area contributed by atoms with Crippen LogP contribution in [0.3, 0.4) is 0 Å². The Kier molecular flexibility index (Phi) is 7.33. The molecule has 0 saturated carbocycles. The fourth-order valence-electron chi connectivity index (χ4n) is 0.732. The quantitative estimate of drug-likeness (QED) is 0.361. The molecule has 0 saturated heterocycles. The lowest BCUT2D eigenvalue weighted by Crippen LogP contribution is -2.36. The molecule has 0 amide bonds. The summed E-state index contributed by atoms with van der Waals surface area (Å²) in [5.74, 6) is 0. The maximum absolute atomic E-state index is 9.10. The van der Waals surface area contributed by atoms with E-state index in [1.54, 1.807) is 0 Å². The number of ether oxygens (including phenoxy) is 1. The first-order chi connectivity index (χ1) is 5.70. The lowest BCUT2D eigenvalue weighted by Gasteiger charge is -2.12. The van der Waals surface area contributed by atoms with Crippen LogP contribution in [0.2, 0.25) is 0 Å². The molecule has 74 valence electrons. The van der Waals surface area contributed by atoms with Gasteiger partial charge in [-0.2, -0.15) is 0 Å². The number of hydrogen-bond acceptors (Lipinski definition) is 5. The molecule has 0 radical (unpaired) electrons. The molecule has 0 aliphatic carbocycles. The van der Waals surface area contributed by atoms with Gasteiger partial charge in [0.2, 0.25) is 0 Å². The first kappa shape index (κ1) is 11.8. The van der Waals surface area contributed by atoms with Crippen LogP contribution in [0, 0.1) is 0 Å². The number of methoxy groups -OCH3 is 1. The first-order valence-electron chi connectivity index (χ1n) is 3.87. The Morgan fingerprint density at radius 3 is 2.33 bits per heavy atom. The smallest absolute Gasteiger partial charge is 0.0897 e. The monoisotopic (exact) mass is 179 g/mol. The number of aliphatic hydroxyl groups excluding tert-OH is 3. The third kappa shape index (κ3) is 6.51. The zero-order chi connectivity index (χ0) is 9.40. The van der Waals surface area contributed by atoms with E-state index in [1.807, 2.05) is 0 Å². The number of rotatable bonds is 7. The SMILES string of the molecule is COCC(O)CNCC(O)CO. The Balaban J connectivity index is 3.18. The predicted molar refractivity (Wildman–Crippen MR) is 43.8 cm³/mol. The number of nitrogens with one attached hydrogen (secondary N) is 1. The van der Waals surface area contributed by atoms with Crippen molar-refractivity contribution in [1.82, 2.24) is 5.32 Å². The molecule has 0 spiro atoms. The summed E-state index contributed by atoms with van der Waals surface area (Å²) in [6.45, 7) is 0.623. The normalized spacial score (nSPS) is 16.0. The topological polar surface area (TPSA) is 82.0 Å². The Hall–Kier alpha value is -0.200. The second kappa shape index (κ2) is 7.45. The van der Waals surface area contributed by atoms with Crippen molar-refractivity contribution >= 4 is 0 Å². The van der Waals surface area contributed by atoms with Crippen molar-refractivity contribution < 1.29 is 20.1 Å². The second-order valence-electron chi connectivity index (χ2n) is 2.60. The number of aliphatic hydroxyl groups is 3. The zero-order valence-corrected chi connectivity index (χ0v) is 7.23. The zero-order valence-electron chi connectivity index (χ0n) is 7.23. The van der Waals surface area contributed by atoms with Crippen molar-refractivity contribution in [2.45, 2.75) is 12.2 Å². The highest BCUT2D eigenvalue weighted by Gasteiger charge is 2.04. The van der Waals surface area contributed by atoms with E-state index in [-0.39, 0.29) is 19.8 Å². The van der Waals surface area contributed by atoms with Crippen LogP contribution < -0.4 is 5.32 Å². The van der Waals surface area contributed by atoms with Gasteiger partial charge in [-0.05, 0) is 0 Å². The molecule has 2 unspecified atom stereocenters. The minimum Gasteiger partial charge on any atom is -0.394 e. The minimum atomic E-state index is -0.764. The Labute approximate surface area is 72.0 Å². The van der Waals surface area contributed by atoms with Gasteiger partial charge in [-0.3, -0.25) is 0 Å². The summed E-state index contributed by atoms with van der Waals surface area (Å²) in [5, 5.41) is 29.2. The van der Waals surface area contributed by atoms with E-state index < -0.39 is 12.2 Å². The summed E-state index contributed by atoms with van der Waals surface area (Å²) in [6.07, 6.45) is -1.33. The average molecular weight is 179 g/mol. The van der Waals surface area contributed by atoms with Gasteiger partial charge in [0.1, 0.15) is 0 Å². The first-order valence-corrected chi connectivity index (χ1v) is 3.87. The van der Waals surface area contributed by atoms with E-state index in [4.69, 9.17) is 15.3 Å². The molecule has 2 atom stereocenters. The molecule has 0 aromatic rings. The highest BCUT2D eigenvalue weighted by Crippen LogP contribution is 1.82. The van der Waals surface area contributed by atoms with Gasteiger partial charge in [-0.25, -0.2) is 0 Å². The second-order valence-corrected chi connectivity index (χ2v) is 2.60. The average Bonchev–Trinajstić information content (AvgIpc) is 2.04. The van der Waals surface area contributed by atoms with Crippen LogP contribution in [0.5, 0.6) is 0 Å². The summed E-state index contributed by atoms with van der Waals surface area (Å²) in [6, 6.07) is 0. The summed E-state index contributed by atoms with van der Waals surface area (Å²) in [4.78, 5) is 0. The molecule has 0 fully saturated rings. The van der Waals surface area contributed by atoms with Gasteiger partial charge < -0.3 is 25.4 Å². The third-order valence-corrected chi connectivity index (χ3v) is 1.33.